The van der Waals surface area contributed by atoms with Gasteiger partial charge in [-0.1, -0.05) is 78.5 Å². The Morgan fingerprint density at radius 3 is 2.20 bits per heavy atom. The summed E-state index contributed by atoms with van der Waals surface area (Å²) >= 11 is 1.68. The molecule has 4 aromatic rings. The fourth-order valence-electron chi connectivity index (χ4n) is 4.80. The van der Waals surface area contributed by atoms with E-state index in [2.05, 4.69) is 65.6 Å². The molecule has 2 atom stereocenters. The van der Waals surface area contributed by atoms with Crippen molar-refractivity contribution < 1.29 is 0 Å². The molecule has 0 saturated carbocycles. The largest absolute Gasteiger partial charge is 0.310 e. The summed E-state index contributed by atoms with van der Waals surface area (Å²) in [6.45, 7) is 2.62. The molecular weight excluding hydrogens is 450 g/mol. The Kier molecular flexibility index (Phi) is 5.63. The second-order valence-corrected chi connectivity index (χ2v) is 9.80. The van der Waals surface area contributed by atoms with E-state index in [4.69, 9.17) is 4.99 Å². The van der Waals surface area contributed by atoms with Gasteiger partial charge in [0.2, 0.25) is 0 Å². The Morgan fingerprint density at radius 1 is 0.857 bits per heavy atom. The predicted octanol–water partition coefficient (Wildman–Crippen LogP) is 6.85. The van der Waals surface area contributed by atoms with Gasteiger partial charge in [0.25, 0.3) is 5.56 Å². The highest BCUT2D eigenvalue weighted by Gasteiger charge is 2.30. The molecule has 6 rings (SSSR count). The first kappa shape index (κ1) is 21.7. The fraction of sp³-hybridized carbons (Fsp3) is 0.133. The highest BCUT2D eigenvalue weighted by atomic mass is 32.2. The van der Waals surface area contributed by atoms with E-state index >= 15 is 0 Å². The summed E-state index contributed by atoms with van der Waals surface area (Å²) in [6, 6.07) is 29.1. The maximum absolute atomic E-state index is 13.6. The molecule has 2 aliphatic rings. The van der Waals surface area contributed by atoms with Crippen molar-refractivity contribution in [1.29, 1.82) is 0 Å². The van der Waals surface area contributed by atoms with Gasteiger partial charge in [0, 0.05) is 23.6 Å². The number of nitrogens with zero attached hydrogens (tertiary/aromatic N) is 3. The highest BCUT2D eigenvalue weighted by molar-refractivity contribution is 8.15. The predicted molar refractivity (Wildman–Crippen MR) is 149 cm³/mol. The van der Waals surface area contributed by atoms with Crippen LogP contribution in [-0.4, -0.2) is 20.9 Å². The van der Waals surface area contributed by atoms with Crippen LogP contribution in [0.25, 0.3) is 10.9 Å². The van der Waals surface area contributed by atoms with Crippen LogP contribution in [0.5, 0.6) is 0 Å². The normalized spacial score (nSPS) is 18.5. The monoisotopic (exact) mass is 475 g/mol. The number of aryl methyl sites for hydroxylation is 1. The quantitative estimate of drug-likeness (QED) is 0.317. The zero-order chi connectivity index (χ0) is 23.8. The van der Waals surface area contributed by atoms with Gasteiger partial charge in [-0.2, -0.15) is 0 Å². The smallest absolute Gasteiger partial charge is 0.261 e. The number of rotatable bonds is 5. The van der Waals surface area contributed by atoms with Crippen LogP contribution in [0.4, 0.5) is 17.1 Å². The summed E-state index contributed by atoms with van der Waals surface area (Å²) in [5.41, 5.74) is 4.78. The number of pyridine rings is 1. The molecule has 0 N–H and O–H groups in total. The van der Waals surface area contributed by atoms with Gasteiger partial charge in [-0.15, -0.1) is 0 Å². The topological polar surface area (TPSA) is 37.6 Å². The van der Waals surface area contributed by atoms with Gasteiger partial charge in [-0.25, -0.2) is 0 Å². The van der Waals surface area contributed by atoms with Gasteiger partial charge in [0.1, 0.15) is 5.04 Å². The van der Waals surface area contributed by atoms with Crippen molar-refractivity contribution in [2.75, 3.05) is 4.90 Å². The van der Waals surface area contributed by atoms with Crippen molar-refractivity contribution in [1.82, 2.24) is 4.57 Å². The van der Waals surface area contributed by atoms with Gasteiger partial charge in [-0.3, -0.25) is 9.79 Å². The molecule has 0 radical (unpaired) electrons. The first-order valence-electron chi connectivity index (χ1n) is 11.9. The van der Waals surface area contributed by atoms with Crippen molar-refractivity contribution in [3.8, 4) is 0 Å². The fourth-order valence-corrected chi connectivity index (χ4v) is 5.97. The molecule has 172 valence electrons. The Morgan fingerprint density at radius 2 is 1.54 bits per heavy atom. The lowest BCUT2D eigenvalue weighted by Crippen LogP contribution is -2.25. The number of fused-ring (bicyclic) bond motifs is 2. The molecule has 0 amide bonds. The molecule has 1 aromatic heterocycles. The first-order valence-corrected chi connectivity index (χ1v) is 12.8. The van der Waals surface area contributed by atoms with Crippen LogP contribution in [0, 0.1) is 0 Å². The third-order valence-corrected chi connectivity index (χ3v) is 7.74. The SMILES string of the molecule is CCn1c(=O)c(C2=NC3C=CC=CC3S2)cc2ccc(N(c3ccccc3)c3ccccc3)cc21. The summed E-state index contributed by atoms with van der Waals surface area (Å²) in [5.74, 6) is 0. The van der Waals surface area contributed by atoms with Crippen molar-refractivity contribution in [3.63, 3.8) is 0 Å². The van der Waals surface area contributed by atoms with Gasteiger partial charge in [0.05, 0.1) is 22.4 Å². The molecule has 0 fully saturated rings. The maximum Gasteiger partial charge on any atom is 0.261 e. The van der Waals surface area contributed by atoms with Gasteiger partial charge in [-0.05, 0) is 54.8 Å². The Labute approximate surface area is 208 Å². The number of allylic oxidation sites excluding steroid dienone is 2. The summed E-state index contributed by atoms with van der Waals surface area (Å²) < 4.78 is 1.87. The lowest BCUT2D eigenvalue weighted by molar-refractivity contribution is 0.758. The third-order valence-electron chi connectivity index (χ3n) is 6.48. The Hall–Kier alpha value is -3.83. The third kappa shape index (κ3) is 3.92. The summed E-state index contributed by atoms with van der Waals surface area (Å²) in [4.78, 5) is 20.7. The van der Waals surface area contributed by atoms with Gasteiger partial charge >= 0.3 is 0 Å². The summed E-state index contributed by atoms with van der Waals surface area (Å²) in [7, 11) is 0. The highest BCUT2D eigenvalue weighted by Crippen LogP contribution is 2.37. The van der Waals surface area contributed by atoms with Crippen LogP contribution in [0.15, 0.2) is 119 Å². The van der Waals surface area contributed by atoms with Crippen LogP contribution >= 0.6 is 11.8 Å². The van der Waals surface area contributed by atoms with Crippen molar-refractivity contribution >= 4 is 44.8 Å². The number of hydrogen-bond acceptors (Lipinski definition) is 4. The molecule has 0 saturated heterocycles. The number of benzene rings is 3. The number of para-hydroxylation sites is 2. The number of thioether (sulfide) groups is 1. The minimum atomic E-state index is 0.0148. The average Bonchev–Trinajstić information content (AvgIpc) is 3.34. The van der Waals surface area contributed by atoms with E-state index < -0.39 is 0 Å². The molecule has 0 bridgehead atoms. The number of hydrogen-bond donors (Lipinski definition) is 0. The van der Waals surface area contributed by atoms with Gasteiger partial charge < -0.3 is 9.47 Å². The molecule has 3 aromatic carbocycles. The lowest BCUT2D eigenvalue weighted by Gasteiger charge is -2.26. The minimum absolute atomic E-state index is 0.0148. The molecule has 1 aliphatic heterocycles. The van der Waals surface area contributed by atoms with Crippen LogP contribution in [-0.2, 0) is 6.54 Å². The van der Waals surface area contributed by atoms with E-state index in [9.17, 15) is 4.79 Å². The van der Waals surface area contributed by atoms with Crippen LogP contribution in [0.1, 0.15) is 12.5 Å². The van der Waals surface area contributed by atoms with E-state index in [1.807, 2.05) is 60.0 Å². The standard InChI is InChI=1S/C30H25N3OS/c1-2-32-27-20-24(33(22-11-5-3-6-12-22)23-13-7-4-8-14-23)18-17-21(27)19-25(30(32)34)29-31-26-15-9-10-16-28(26)35-29/h3-20,26,28H,2H2,1H3. The molecular formula is C30H25N3OS. The summed E-state index contributed by atoms with van der Waals surface area (Å²) in [5, 5.41) is 2.15. The van der Waals surface area contributed by atoms with Crippen LogP contribution in [0.2, 0.25) is 0 Å². The van der Waals surface area contributed by atoms with Crippen molar-refractivity contribution in [3.05, 3.63) is 125 Å². The number of aliphatic imine (C=N–C) groups is 1. The van der Waals surface area contributed by atoms with E-state index in [0.717, 1.165) is 33.0 Å². The zero-order valence-corrected chi connectivity index (χ0v) is 20.2. The molecule has 5 heteroatoms. The molecule has 35 heavy (non-hydrogen) atoms. The lowest BCUT2D eigenvalue weighted by atomic mass is 10.1. The average molecular weight is 476 g/mol. The zero-order valence-electron chi connectivity index (χ0n) is 19.4. The minimum Gasteiger partial charge on any atom is -0.310 e. The maximum atomic E-state index is 13.6. The van der Waals surface area contributed by atoms with Crippen LogP contribution < -0.4 is 10.5 Å². The van der Waals surface area contributed by atoms with Crippen molar-refractivity contribution in [2.45, 2.75) is 24.8 Å². The number of anilines is 3. The van der Waals surface area contributed by atoms with E-state index in [1.165, 1.54) is 0 Å². The molecule has 1 aliphatic carbocycles. The second kappa shape index (κ2) is 9.08. The Bertz CT molecular complexity index is 1500. The molecule has 0 spiro atoms. The number of aromatic nitrogens is 1. The van der Waals surface area contributed by atoms with Crippen molar-refractivity contribution in [2.24, 2.45) is 4.99 Å². The van der Waals surface area contributed by atoms with Gasteiger partial charge in [0.15, 0.2) is 0 Å². The molecule has 2 unspecified atom stereocenters. The second-order valence-electron chi connectivity index (χ2n) is 8.63. The molecule has 4 nitrogen and oxygen atoms in total. The van der Waals surface area contributed by atoms with E-state index in [-0.39, 0.29) is 16.9 Å². The molecule has 2 heterocycles. The Balaban J connectivity index is 1.49. The summed E-state index contributed by atoms with van der Waals surface area (Å²) in [6.07, 6.45) is 8.37. The van der Waals surface area contributed by atoms with E-state index in [1.54, 1.807) is 11.8 Å². The first-order chi connectivity index (χ1) is 17.2. The van der Waals surface area contributed by atoms with Crippen LogP contribution in [0.3, 0.4) is 0 Å². The van der Waals surface area contributed by atoms with E-state index in [0.29, 0.717) is 12.1 Å².